The van der Waals surface area contributed by atoms with E-state index in [2.05, 4.69) is 5.16 Å². The lowest BCUT2D eigenvalue weighted by atomic mass is 9.90. The summed E-state index contributed by atoms with van der Waals surface area (Å²) in [6.45, 7) is 1.10. The van der Waals surface area contributed by atoms with Gasteiger partial charge in [-0.3, -0.25) is 0 Å². The molecule has 4 heteroatoms. The number of nitrogens with zero attached hydrogens (tertiary/aromatic N) is 1. The van der Waals surface area contributed by atoms with Crippen LogP contribution < -0.4 is 4.74 Å². The molecule has 1 aromatic carbocycles. The quantitative estimate of drug-likeness (QED) is 0.494. The molecule has 0 aliphatic heterocycles. The molecule has 2 rings (SSSR count). The largest absolute Gasteiger partial charge is 0.491 e. The maximum Gasteiger partial charge on any atom is 0.120 e. The van der Waals surface area contributed by atoms with Crippen molar-refractivity contribution >= 4 is 5.71 Å². The first-order valence-electron chi connectivity index (χ1n) is 5.81. The van der Waals surface area contributed by atoms with Gasteiger partial charge in [0.15, 0.2) is 0 Å². The van der Waals surface area contributed by atoms with Crippen LogP contribution in [0, 0.1) is 0 Å². The van der Waals surface area contributed by atoms with Crippen LogP contribution in [0.15, 0.2) is 23.4 Å². The summed E-state index contributed by atoms with van der Waals surface area (Å²) in [7, 11) is 1.65. The second kappa shape index (κ2) is 5.68. The minimum absolute atomic E-state index is 0.529. The van der Waals surface area contributed by atoms with E-state index in [9.17, 15) is 0 Å². The Morgan fingerprint density at radius 3 is 2.94 bits per heavy atom. The van der Waals surface area contributed by atoms with Crippen LogP contribution in [0.3, 0.4) is 0 Å². The molecule has 0 radical (unpaired) electrons. The molecule has 1 aliphatic rings. The predicted molar refractivity (Wildman–Crippen MR) is 65.1 cm³/mol. The topological polar surface area (TPSA) is 51.0 Å². The third kappa shape index (κ3) is 2.77. The fraction of sp³-hybridized carbons (Fsp3) is 0.462. The van der Waals surface area contributed by atoms with E-state index in [4.69, 9.17) is 14.7 Å². The minimum atomic E-state index is 0.529. The van der Waals surface area contributed by atoms with E-state index in [1.54, 1.807) is 7.11 Å². The lowest BCUT2D eigenvalue weighted by Gasteiger charge is -2.17. The monoisotopic (exact) mass is 235 g/mol. The Kier molecular flexibility index (Phi) is 3.98. The second-order valence-corrected chi connectivity index (χ2v) is 4.06. The van der Waals surface area contributed by atoms with Crippen LogP contribution in [0.25, 0.3) is 0 Å². The number of ether oxygens (including phenoxy) is 2. The summed E-state index contributed by atoms with van der Waals surface area (Å²) < 4.78 is 10.5. The number of hydrogen-bond donors (Lipinski definition) is 1. The Hall–Kier alpha value is -1.55. The van der Waals surface area contributed by atoms with E-state index in [-0.39, 0.29) is 0 Å². The fourth-order valence-electron chi connectivity index (χ4n) is 2.06. The zero-order valence-electron chi connectivity index (χ0n) is 9.98. The standard InChI is InChI=1S/C13H17NO3/c1-16-7-8-17-11-6-5-10-3-2-4-13(14-15)12(10)9-11/h5-6,9,15H,2-4,7-8H2,1H3/b14-13-. The van der Waals surface area contributed by atoms with Crippen molar-refractivity contribution in [1.82, 2.24) is 0 Å². The van der Waals surface area contributed by atoms with Crippen LogP contribution in [0.4, 0.5) is 0 Å². The molecule has 92 valence electrons. The van der Waals surface area contributed by atoms with Gasteiger partial charge in [-0.15, -0.1) is 0 Å². The minimum Gasteiger partial charge on any atom is -0.491 e. The molecule has 1 aromatic rings. The lowest BCUT2D eigenvalue weighted by Crippen LogP contribution is -2.12. The Bertz CT molecular complexity index is 415. The van der Waals surface area contributed by atoms with E-state index in [0.717, 1.165) is 36.3 Å². The Labute approximate surface area is 101 Å². The number of fused-ring (bicyclic) bond motifs is 1. The predicted octanol–water partition coefficient (Wildman–Crippen LogP) is 2.23. The molecule has 0 amide bonds. The third-order valence-corrected chi connectivity index (χ3v) is 2.93. The van der Waals surface area contributed by atoms with Gasteiger partial charge in [0.1, 0.15) is 12.4 Å². The first kappa shape index (κ1) is 11.9. The van der Waals surface area contributed by atoms with E-state index in [1.807, 2.05) is 18.2 Å². The Morgan fingerprint density at radius 1 is 1.29 bits per heavy atom. The highest BCUT2D eigenvalue weighted by molar-refractivity contribution is 6.02. The molecule has 0 heterocycles. The number of methoxy groups -OCH3 is 1. The zero-order chi connectivity index (χ0) is 12.1. The van der Waals surface area contributed by atoms with Crippen molar-refractivity contribution in [2.75, 3.05) is 20.3 Å². The smallest absolute Gasteiger partial charge is 0.120 e. The van der Waals surface area contributed by atoms with Gasteiger partial charge in [-0.05, 0) is 37.0 Å². The van der Waals surface area contributed by atoms with E-state index < -0.39 is 0 Å². The van der Waals surface area contributed by atoms with Gasteiger partial charge < -0.3 is 14.7 Å². The SMILES string of the molecule is COCCOc1ccc2c(c1)/C(=N\O)CCC2. The molecule has 0 aromatic heterocycles. The second-order valence-electron chi connectivity index (χ2n) is 4.06. The summed E-state index contributed by atoms with van der Waals surface area (Å²) in [5.41, 5.74) is 2.99. The van der Waals surface area contributed by atoms with Gasteiger partial charge in [0, 0.05) is 12.7 Å². The average molecular weight is 235 g/mol. The molecule has 0 saturated heterocycles. The zero-order valence-corrected chi connectivity index (χ0v) is 9.98. The molecular formula is C13H17NO3. The van der Waals surface area contributed by atoms with Gasteiger partial charge in [-0.1, -0.05) is 11.2 Å². The Balaban J connectivity index is 2.16. The van der Waals surface area contributed by atoms with Crippen LogP contribution in [0.2, 0.25) is 0 Å². The van der Waals surface area contributed by atoms with E-state index in [1.165, 1.54) is 5.56 Å². The van der Waals surface area contributed by atoms with Crippen molar-refractivity contribution in [3.05, 3.63) is 29.3 Å². The maximum absolute atomic E-state index is 8.97. The molecule has 1 N–H and O–H groups in total. The number of rotatable bonds is 4. The average Bonchev–Trinajstić information content (AvgIpc) is 2.38. The lowest BCUT2D eigenvalue weighted by molar-refractivity contribution is 0.146. The summed E-state index contributed by atoms with van der Waals surface area (Å²) >= 11 is 0. The van der Waals surface area contributed by atoms with Crippen molar-refractivity contribution in [2.45, 2.75) is 19.3 Å². The van der Waals surface area contributed by atoms with Gasteiger partial charge >= 0.3 is 0 Å². The number of hydrogen-bond acceptors (Lipinski definition) is 4. The maximum atomic E-state index is 8.97. The molecule has 17 heavy (non-hydrogen) atoms. The van der Waals surface area contributed by atoms with Crippen molar-refractivity contribution in [1.29, 1.82) is 0 Å². The fourth-order valence-corrected chi connectivity index (χ4v) is 2.06. The van der Waals surface area contributed by atoms with E-state index in [0.29, 0.717) is 13.2 Å². The molecule has 0 fully saturated rings. The summed E-state index contributed by atoms with van der Waals surface area (Å²) in [6, 6.07) is 5.94. The molecule has 0 bridgehead atoms. The van der Waals surface area contributed by atoms with Gasteiger partial charge in [-0.25, -0.2) is 0 Å². The van der Waals surface area contributed by atoms with Crippen LogP contribution >= 0.6 is 0 Å². The number of aryl methyl sites for hydroxylation is 1. The van der Waals surface area contributed by atoms with Crippen LogP contribution in [0.5, 0.6) is 5.75 Å². The van der Waals surface area contributed by atoms with E-state index >= 15 is 0 Å². The first-order chi connectivity index (χ1) is 8.35. The molecule has 0 unspecified atom stereocenters. The molecule has 4 nitrogen and oxygen atoms in total. The molecule has 1 aliphatic carbocycles. The van der Waals surface area contributed by atoms with Crippen molar-refractivity contribution in [3.63, 3.8) is 0 Å². The molecular weight excluding hydrogens is 218 g/mol. The van der Waals surface area contributed by atoms with Gasteiger partial charge in [0.2, 0.25) is 0 Å². The highest BCUT2D eigenvalue weighted by atomic mass is 16.5. The highest BCUT2D eigenvalue weighted by Gasteiger charge is 2.16. The van der Waals surface area contributed by atoms with Crippen LogP contribution in [-0.2, 0) is 11.2 Å². The van der Waals surface area contributed by atoms with Crippen LogP contribution in [0.1, 0.15) is 24.0 Å². The summed E-state index contributed by atoms with van der Waals surface area (Å²) in [5, 5.41) is 12.3. The highest BCUT2D eigenvalue weighted by Crippen LogP contribution is 2.25. The summed E-state index contributed by atoms with van der Waals surface area (Å²) in [6.07, 6.45) is 2.90. The molecule has 0 atom stereocenters. The van der Waals surface area contributed by atoms with Gasteiger partial charge in [0.25, 0.3) is 0 Å². The Morgan fingerprint density at radius 2 is 2.18 bits per heavy atom. The normalized spacial score (nSPS) is 16.9. The first-order valence-corrected chi connectivity index (χ1v) is 5.81. The number of oxime groups is 1. The third-order valence-electron chi connectivity index (χ3n) is 2.93. The van der Waals surface area contributed by atoms with Gasteiger partial charge in [0.05, 0.1) is 12.3 Å². The molecule has 0 spiro atoms. The molecule has 0 saturated carbocycles. The summed E-state index contributed by atoms with van der Waals surface area (Å²) in [5.74, 6) is 0.795. The summed E-state index contributed by atoms with van der Waals surface area (Å²) in [4.78, 5) is 0. The van der Waals surface area contributed by atoms with Crippen LogP contribution in [-0.4, -0.2) is 31.2 Å². The van der Waals surface area contributed by atoms with Crippen molar-refractivity contribution in [3.8, 4) is 5.75 Å². The van der Waals surface area contributed by atoms with Gasteiger partial charge in [-0.2, -0.15) is 0 Å². The number of benzene rings is 1. The van der Waals surface area contributed by atoms with Crippen molar-refractivity contribution < 1.29 is 14.7 Å². The van der Waals surface area contributed by atoms with Crippen molar-refractivity contribution in [2.24, 2.45) is 5.16 Å².